The van der Waals surface area contributed by atoms with Gasteiger partial charge in [-0.15, -0.1) is 0 Å². The predicted octanol–water partition coefficient (Wildman–Crippen LogP) is 4.93. The van der Waals surface area contributed by atoms with Gasteiger partial charge in [0.1, 0.15) is 11.5 Å². The summed E-state index contributed by atoms with van der Waals surface area (Å²) in [5.74, 6) is -0.356. The maximum Gasteiger partial charge on any atom is 0.272 e. The molecule has 0 radical (unpaired) electrons. The van der Waals surface area contributed by atoms with E-state index < -0.39 is 0 Å². The molecule has 1 saturated carbocycles. The number of rotatable bonds is 2. The van der Waals surface area contributed by atoms with Crippen LogP contribution in [-0.2, 0) is 0 Å². The van der Waals surface area contributed by atoms with Crippen molar-refractivity contribution in [2.45, 2.75) is 46.1 Å². The molecule has 2 fully saturated rings. The lowest BCUT2D eigenvalue weighted by Gasteiger charge is -2.39. The summed E-state index contributed by atoms with van der Waals surface area (Å²) in [6, 6.07) is 12.1. The molecule has 1 aliphatic heterocycles. The van der Waals surface area contributed by atoms with Crippen LogP contribution >= 0.6 is 0 Å². The first-order valence-corrected chi connectivity index (χ1v) is 9.29. The fourth-order valence-corrected chi connectivity index (χ4v) is 5.22. The molecule has 0 N–H and O–H groups in total. The number of likely N-dealkylation sites (tertiary alicyclic amines) is 1. The molecule has 4 rings (SSSR count). The van der Waals surface area contributed by atoms with Crippen LogP contribution < -0.4 is 0 Å². The number of aromatic nitrogens is 1. The van der Waals surface area contributed by atoms with Gasteiger partial charge in [-0.25, -0.2) is 9.37 Å². The Bertz CT molecular complexity index is 863. The highest BCUT2D eigenvalue weighted by Gasteiger charge is 2.51. The van der Waals surface area contributed by atoms with E-state index in [1.54, 1.807) is 36.4 Å². The molecule has 2 aliphatic rings. The molecule has 26 heavy (non-hydrogen) atoms. The van der Waals surface area contributed by atoms with Crippen LogP contribution in [0.1, 0.15) is 50.5 Å². The van der Waals surface area contributed by atoms with E-state index in [9.17, 15) is 9.18 Å². The van der Waals surface area contributed by atoms with Crippen molar-refractivity contribution in [3.63, 3.8) is 0 Å². The first-order chi connectivity index (χ1) is 12.3. The third kappa shape index (κ3) is 3.02. The number of pyridine rings is 1. The van der Waals surface area contributed by atoms with Crippen LogP contribution in [0.4, 0.5) is 4.39 Å². The second-order valence-corrected chi connectivity index (χ2v) is 9.03. The molecule has 2 atom stereocenters. The maximum atomic E-state index is 14.1. The van der Waals surface area contributed by atoms with E-state index in [1.165, 1.54) is 6.07 Å². The monoisotopic (exact) mass is 352 g/mol. The number of carbonyl (C=O) groups is 1. The van der Waals surface area contributed by atoms with Gasteiger partial charge in [0.05, 0.1) is 5.69 Å². The van der Waals surface area contributed by atoms with Crippen LogP contribution in [0.15, 0.2) is 42.5 Å². The van der Waals surface area contributed by atoms with Gasteiger partial charge in [-0.1, -0.05) is 39.0 Å². The van der Waals surface area contributed by atoms with E-state index in [2.05, 4.69) is 25.8 Å². The predicted molar refractivity (Wildman–Crippen MR) is 100 cm³/mol. The Morgan fingerprint density at radius 1 is 1.12 bits per heavy atom. The minimum atomic E-state index is -0.323. The van der Waals surface area contributed by atoms with E-state index in [0.717, 1.165) is 25.8 Å². The number of fused-ring (bicyclic) bond motifs is 2. The highest BCUT2D eigenvalue weighted by Crippen LogP contribution is 2.52. The van der Waals surface area contributed by atoms with Gasteiger partial charge in [0, 0.05) is 18.2 Å². The second kappa shape index (κ2) is 5.90. The number of amides is 1. The van der Waals surface area contributed by atoms with E-state index in [1.807, 2.05) is 4.90 Å². The Hall–Kier alpha value is -2.23. The van der Waals surface area contributed by atoms with E-state index in [-0.39, 0.29) is 28.6 Å². The second-order valence-electron chi connectivity index (χ2n) is 9.03. The summed E-state index contributed by atoms with van der Waals surface area (Å²) in [7, 11) is 0. The molecule has 1 aliphatic carbocycles. The van der Waals surface area contributed by atoms with E-state index in [0.29, 0.717) is 17.0 Å². The lowest BCUT2D eigenvalue weighted by atomic mass is 9.65. The zero-order valence-electron chi connectivity index (χ0n) is 15.6. The number of carbonyl (C=O) groups excluding carboxylic acids is 1. The van der Waals surface area contributed by atoms with Gasteiger partial charge in [-0.3, -0.25) is 4.79 Å². The summed E-state index contributed by atoms with van der Waals surface area (Å²) in [5.41, 5.74) is 1.78. The Kier molecular flexibility index (Phi) is 3.90. The number of hydrogen-bond acceptors (Lipinski definition) is 2. The Morgan fingerprint density at radius 3 is 2.65 bits per heavy atom. The molecule has 1 amide bonds. The van der Waals surface area contributed by atoms with Gasteiger partial charge >= 0.3 is 0 Å². The topological polar surface area (TPSA) is 33.2 Å². The number of nitrogens with zero attached hydrogens (tertiary/aromatic N) is 2. The summed E-state index contributed by atoms with van der Waals surface area (Å²) in [6.45, 7) is 7.66. The van der Waals surface area contributed by atoms with Crippen molar-refractivity contribution in [2.75, 3.05) is 6.54 Å². The fraction of sp³-hybridized carbons (Fsp3) is 0.455. The van der Waals surface area contributed by atoms with Crippen molar-refractivity contribution >= 4 is 5.91 Å². The van der Waals surface area contributed by atoms with Gasteiger partial charge in [0.25, 0.3) is 5.91 Å². The molecule has 2 bridgehead atoms. The summed E-state index contributed by atoms with van der Waals surface area (Å²) in [6.07, 6.45) is 3.24. The average molecular weight is 352 g/mol. The quantitative estimate of drug-likeness (QED) is 0.768. The smallest absolute Gasteiger partial charge is 0.272 e. The summed E-state index contributed by atoms with van der Waals surface area (Å²) in [5, 5.41) is 0. The molecule has 2 aromatic rings. The molecular formula is C22H25FN2O. The van der Waals surface area contributed by atoms with Gasteiger partial charge in [-0.2, -0.15) is 0 Å². The first-order valence-electron chi connectivity index (χ1n) is 9.29. The zero-order chi connectivity index (χ0) is 18.5. The summed E-state index contributed by atoms with van der Waals surface area (Å²) < 4.78 is 14.1. The van der Waals surface area contributed by atoms with E-state index in [4.69, 9.17) is 0 Å². The average Bonchev–Trinajstić information content (AvgIpc) is 2.83. The van der Waals surface area contributed by atoms with Crippen LogP contribution in [0.25, 0.3) is 11.3 Å². The van der Waals surface area contributed by atoms with Crippen LogP contribution in [0.2, 0.25) is 0 Å². The number of benzene rings is 1. The largest absolute Gasteiger partial charge is 0.334 e. The van der Waals surface area contributed by atoms with Crippen molar-refractivity contribution in [1.29, 1.82) is 0 Å². The van der Waals surface area contributed by atoms with Gasteiger partial charge in [-0.05, 0) is 54.4 Å². The molecule has 1 saturated heterocycles. The molecule has 0 unspecified atom stereocenters. The zero-order valence-corrected chi connectivity index (χ0v) is 15.6. The van der Waals surface area contributed by atoms with Crippen LogP contribution in [0, 0.1) is 16.6 Å². The molecule has 1 aromatic heterocycles. The van der Waals surface area contributed by atoms with Crippen LogP contribution in [0.3, 0.4) is 0 Å². The van der Waals surface area contributed by atoms with Crippen LogP contribution in [0.5, 0.6) is 0 Å². The van der Waals surface area contributed by atoms with Gasteiger partial charge in [0.15, 0.2) is 0 Å². The highest BCUT2D eigenvalue weighted by molar-refractivity contribution is 5.93. The van der Waals surface area contributed by atoms with Crippen molar-refractivity contribution in [1.82, 2.24) is 9.88 Å². The SMILES string of the molecule is CC1(C)C[C@@H]2C[C@@](C)(CN2C(=O)c2cccc(-c3ccccc3F)n2)C1. The molecule has 136 valence electrons. The van der Waals surface area contributed by atoms with E-state index >= 15 is 0 Å². The van der Waals surface area contributed by atoms with Crippen LogP contribution in [-0.4, -0.2) is 28.4 Å². The number of halogens is 1. The lowest BCUT2D eigenvalue weighted by molar-refractivity contribution is 0.0702. The van der Waals surface area contributed by atoms with Crippen molar-refractivity contribution < 1.29 is 9.18 Å². The summed E-state index contributed by atoms with van der Waals surface area (Å²) >= 11 is 0. The molecule has 1 aromatic carbocycles. The number of hydrogen-bond donors (Lipinski definition) is 0. The third-order valence-corrected chi connectivity index (χ3v) is 5.79. The normalized spacial score (nSPS) is 26.8. The Labute approximate surface area is 154 Å². The molecule has 3 nitrogen and oxygen atoms in total. The molecule has 4 heteroatoms. The van der Waals surface area contributed by atoms with Crippen molar-refractivity contribution in [3.8, 4) is 11.3 Å². The Balaban J connectivity index is 1.64. The lowest BCUT2D eigenvalue weighted by Crippen LogP contribution is -2.38. The first kappa shape index (κ1) is 17.2. The van der Waals surface area contributed by atoms with Crippen molar-refractivity contribution in [3.05, 3.63) is 54.0 Å². The fourth-order valence-electron chi connectivity index (χ4n) is 5.22. The maximum absolute atomic E-state index is 14.1. The van der Waals surface area contributed by atoms with Crippen molar-refractivity contribution in [2.24, 2.45) is 10.8 Å². The molecule has 2 heterocycles. The molecule has 0 spiro atoms. The van der Waals surface area contributed by atoms with Gasteiger partial charge in [0.2, 0.25) is 0 Å². The highest BCUT2D eigenvalue weighted by atomic mass is 19.1. The minimum absolute atomic E-state index is 0.0328. The molecular weight excluding hydrogens is 327 g/mol. The standard InChI is InChI=1S/C22H25FN2O/c1-21(2)11-15-12-22(3,13-21)14-25(15)20(26)19-10-6-9-18(24-19)16-7-4-5-8-17(16)23/h4-10,15H,11-14H2,1-3H3/t15-,22-/m1/s1. The third-order valence-electron chi connectivity index (χ3n) is 5.79. The Morgan fingerprint density at radius 2 is 1.88 bits per heavy atom. The summed E-state index contributed by atoms with van der Waals surface area (Å²) in [4.78, 5) is 19.7. The minimum Gasteiger partial charge on any atom is -0.334 e. The van der Waals surface area contributed by atoms with Gasteiger partial charge < -0.3 is 4.90 Å².